The first-order valence-corrected chi connectivity index (χ1v) is 5.17. The Balaban J connectivity index is 2.11. The molecule has 1 aliphatic rings. The van der Waals surface area contributed by atoms with Crippen molar-refractivity contribution in [3.8, 4) is 0 Å². The molecule has 1 saturated heterocycles. The molecule has 1 aliphatic heterocycles. The van der Waals surface area contributed by atoms with Crippen molar-refractivity contribution in [3.05, 3.63) is 29.6 Å². The van der Waals surface area contributed by atoms with E-state index in [2.05, 4.69) is 10.3 Å². The molecule has 0 aliphatic carbocycles. The monoisotopic (exact) mass is 206 g/mol. The molecule has 2 heterocycles. The summed E-state index contributed by atoms with van der Waals surface area (Å²) in [6.45, 7) is 2.07. The Hall–Kier alpha value is -1.42. The molecule has 0 spiro atoms. The van der Waals surface area contributed by atoms with Crippen LogP contribution in [0.4, 0.5) is 0 Å². The van der Waals surface area contributed by atoms with Gasteiger partial charge in [-0.15, -0.1) is 0 Å². The molecule has 0 aromatic carbocycles. The van der Waals surface area contributed by atoms with Crippen LogP contribution in [0.3, 0.4) is 0 Å². The van der Waals surface area contributed by atoms with Crippen LogP contribution in [0, 0.1) is 0 Å². The van der Waals surface area contributed by atoms with Gasteiger partial charge in [-0.25, -0.2) is 9.78 Å². The normalized spacial score (nSPS) is 17.6. The van der Waals surface area contributed by atoms with Crippen molar-refractivity contribution in [3.63, 3.8) is 0 Å². The highest BCUT2D eigenvalue weighted by Gasteiger charge is 2.15. The number of aromatic carboxylic acids is 1. The molecule has 0 radical (unpaired) electrons. The van der Waals surface area contributed by atoms with Gasteiger partial charge < -0.3 is 10.4 Å². The van der Waals surface area contributed by atoms with Gasteiger partial charge in [0.15, 0.2) is 0 Å². The first-order chi connectivity index (χ1) is 7.27. The summed E-state index contributed by atoms with van der Waals surface area (Å²) in [5, 5.41) is 12.0. The van der Waals surface area contributed by atoms with Gasteiger partial charge in [0, 0.05) is 6.20 Å². The minimum atomic E-state index is -0.966. The fourth-order valence-electron chi connectivity index (χ4n) is 1.93. The number of rotatable bonds is 2. The number of carboxylic acids is 1. The Morgan fingerprint density at radius 1 is 1.40 bits per heavy atom. The second-order valence-corrected chi connectivity index (χ2v) is 3.81. The molecular formula is C11H14N2O2. The van der Waals surface area contributed by atoms with E-state index in [1.54, 1.807) is 12.3 Å². The maximum Gasteiger partial charge on any atom is 0.354 e. The molecule has 0 atom stereocenters. The maximum atomic E-state index is 10.6. The van der Waals surface area contributed by atoms with E-state index in [-0.39, 0.29) is 5.69 Å². The number of aromatic nitrogens is 1. The summed E-state index contributed by atoms with van der Waals surface area (Å²) >= 11 is 0. The molecule has 4 heteroatoms. The van der Waals surface area contributed by atoms with Crippen LogP contribution in [0.25, 0.3) is 0 Å². The SMILES string of the molecule is O=C(O)c1ccc(C2CCNCC2)cn1. The number of hydrogen-bond acceptors (Lipinski definition) is 3. The second-order valence-electron chi connectivity index (χ2n) is 3.81. The average molecular weight is 206 g/mol. The van der Waals surface area contributed by atoms with Crippen LogP contribution in [0.5, 0.6) is 0 Å². The van der Waals surface area contributed by atoms with E-state index in [4.69, 9.17) is 5.11 Å². The summed E-state index contributed by atoms with van der Waals surface area (Å²) in [6.07, 6.45) is 3.90. The lowest BCUT2D eigenvalue weighted by atomic mass is 9.91. The van der Waals surface area contributed by atoms with E-state index in [9.17, 15) is 4.79 Å². The quantitative estimate of drug-likeness (QED) is 0.764. The molecular weight excluding hydrogens is 192 g/mol. The molecule has 1 aromatic rings. The molecule has 2 N–H and O–H groups in total. The van der Waals surface area contributed by atoms with E-state index in [1.165, 1.54) is 0 Å². The fourth-order valence-corrected chi connectivity index (χ4v) is 1.93. The van der Waals surface area contributed by atoms with Gasteiger partial charge in [0.1, 0.15) is 5.69 Å². The molecule has 0 bridgehead atoms. The molecule has 80 valence electrons. The standard InChI is InChI=1S/C11H14N2O2/c14-11(15)10-2-1-9(7-13-10)8-3-5-12-6-4-8/h1-2,7-8,12H,3-6H2,(H,14,15). The van der Waals surface area contributed by atoms with E-state index < -0.39 is 5.97 Å². The van der Waals surface area contributed by atoms with Gasteiger partial charge in [0.05, 0.1) is 0 Å². The van der Waals surface area contributed by atoms with Gasteiger partial charge in [0.2, 0.25) is 0 Å². The zero-order chi connectivity index (χ0) is 10.7. The number of nitrogens with zero attached hydrogens (tertiary/aromatic N) is 1. The molecule has 15 heavy (non-hydrogen) atoms. The van der Waals surface area contributed by atoms with Crippen LogP contribution in [-0.2, 0) is 0 Å². The molecule has 0 saturated carbocycles. The van der Waals surface area contributed by atoms with Crippen LogP contribution in [0.15, 0.2) is 18.3 Å². The van der Waals surface area contributed by atoms with Gasteiger partial charge in [-0.05, 0) is 43.5 Å². The Kier molecular flexibility index (Phi) is 2.97. The first kappa shape index (κ1) is 10.1. The van der Waals surface area contributed by atoms with Crippen molar-refractivity contribution < 1.29 is 9.90 Å². The van der Waals surface area contributed by atoms with E-state index >= 15 is 0 Å². The van der Waals surface area contributed by atoms with Crippen molar-refractivity contribution in [2.45, 2.75) is 18.8 Å². The van der Waals surface area contributed by atoms with E-state index in [0.29, 0.717) is 5.92 Å². The summed E-state index contributed by atoms with van der Waals surface area (Å²) in [6, 6.07) is 3.46. The van der Waals surface area contributed by atoms with Crippen LogP contribution in [-0.4, -0.2) is 29.1 Å². The smallest absolute Gasteiger partial charge is 0.354 e. The zero-order valence-electron chi connectivity index (χ0n) is 8.44. The third-order valence-electron chi connectivity index (χ3n) is 2.82. The van der Waals surface area contributed by atoms with Gasteiger partial charge in [-0.2, -0.15) is 0 Å². The van der Waals surface area contributed by atoms with Crippen molar-refractivity contribution in [2.75, 3.05) is 13.1 Å². The largest absolute Gasteiger partial charge is 0.477 e. The predicted octanol–water partition coefficient (Wildman–Crippen LogP) is 1.25. The Morgan fingerprint density at radius 3 is 2.67 bits per heavy atom. The van der Waals surface area contributed by atoms with Crippen LogP contribution in [0.2, 0.25) is 0 Å². The summed E-state index contributed by atoms with van der Waals surface area (Å²) in [5.41, 5.74) is 1.27. The lowest BCUT2D eigenvalue weighted by Crippen LogP contribution is -2.26. The van der Waals surface area contributed by atoms with Gasteiger partial charge in [-0.1, -0.05) is 6.07 Å². The number of carboxylic acid groups (broad SMARTS) is 1. The number of carbonyl (C=O) groups is 1. The molecule has 4 nitrogen and oxygen atoms in total. The second kappa shape index (κ2) is 4.40. The highest BCUT2D eigenvalue weighted by atomic mass is 16.4. The number of nitrogens with one attached hydrogen (secondary N) is 1. The van der Waals surface area contributed by atoms with Crippen molar-refractivity contribution in [2.24, 2.45) is 0 Å². The zero-order valence-corrected chi connectivity index (χ0v) is 8.44. The van der Waals surface area contributed by atoms with Gasteiger partial charge in [-0.3, -0.25) is 0 Å². The summed E-state index contributed by atoms with van der Waals surface area (Å²) in [4.78, 5) is 14.5. The van der Waals surface area contributed by atoms with E-state index in [1.807, 2.05) is 6.07 Å². The highest BCUT2D eigenvalue weighted by molar-refractivity contribution is 5.85. The Bertz CT molecular complexity index is 342. The van der Waals surface area contributed by atoms with Crippen molar-refractivity contribution in [1.29, 1.82) is 0 Å². The topological polar surface area (TPSA) is 62.2 Å². The average Bonchev–Trinajstić information content (AvgIpc) is 2.30. The predicted molar refractivity (Wildman–Crippen MR) is 56.0 cm³/mol. The summed E-state index contributed by atoms with van der Waals surface area (Å²) in [7, 11) is 0. The van der Waals surface area contributed by atoms with Crippen molar-refractivity contribution in [1.82, 2.24) is 10.3 Å². The number of pyridine rings is 1. The molecule has 0 unspecified atom stereocenters. The molecule has 1 fully saturated rings. The fraction of sp³-hybridized carbons (Fsp3) is 0.455. The summed E-state index contributed by atoms with van der Waals surface area (Å²) in [5.74, 6) is -0.437. The molecule has 0 amide bonds. The van der Waals surface area contributed by atoms with Crippen molar-refractivity contribution >= 4 is 5.97 Å². The summed E-state index contributed by atoms with van der Waals surface area (Å²) < 4.78 is 0. The minimum Gasteiger partial charge on any atom is -0.477 e. The highest BCUT2D eigenvalue weighted by Crippen LogP contribution is 2.24. The lowest BCUT2D eigenvalue weighted by molar-refractivity contribution is 0.0690. The maximum absolute atomic E-state index is 10.6. The van der Waals surface area contributed by atoms with Gasteiger partial charge in [0.25, 0.3) is 0 Å². The third-order valence-corrected chi connectivity index (χ3v) is 2.82. The Labute approximate surface area is 88.3 Å². The van der Waals surface area contributed by atoms with Crippen LogP contribution >= 0.6 is 0 Å². The Morgan fingerprint density at radius 2 is 2.13 bits per heavy atom. The molecule has 1 aromatic heterocycles. The van der Waals surface area contributed by atoms with E-state index in [0.717, 1.165) is 31.5 Å². The lowest BCUT2D eigenvalue weighted by Gasteiger charge is -2.22. The van der Waals surface area contributed by atoms with Crippen LogP contribution in [0.1, 0.15) is 34.8 Å². The van der Waals surface area contributed by atoms with Gasteiger partial charge >= 0.3 is 5.97 Å². The van der Waals surface area contributed by atoms with Crippen LogP contribution < -0.4 is 5.32 Å². The number of hydrogen-bond donors (Lipinski definition) is 2. The minimum absolute atomic E-state index is 0.118. The third kappa shape index (κ3) is 2.33. The number of piperidine rings is 1. The first-order valence-electron chi connectivity index (χ1n) is 5.17. The molecule has 2 rings (SSSR count).